The van der Waals surface area contributed by atoms with Gasteiger partial charge in [-0.2, -0.15) is 0 Å². The molecule has 2 aromatic rings. The van der Waals surface area contributed by atoms with E-state index in [1.807, 2.05) is 19.9 Å². The number of nitrogens with zero attached hydrogens (tertiary/aromatic N) is 2. The van der Waals surface area contributed by atoms with E-state index in [4.69, 9.17) is 0 Å². The van der Waals surface area contributed by atoms with Crippen molar-refractivity contribution in [2.45, 2.75) is 47.6 Å². The Morgan fingerprint density at radius 2 is 1.65 bits per heavy atom. The minimum atomic E-state index is -0.202. The van der Waals surface area contributed by atoms with Crippen molar-refractivity contribution in [2.75, 3.05) is 0 Å². The van der Waals surface area contributed by atoms with E-state index in [0.29, 0.717) is 4.91 Å². The predicted octanol–water partition coefficient (Wildman–Crippen LogP) is 5.16. The van der Waals surface area contributed by atoms with Gasteiger partial charge in [-0.05, 0) is 82.1 Å². The van der Waals surface area contributed by atoms with Crippen molar-refractivity contribution in [2.24, 2.45) is 0 Å². The summed E-state index contributed by atoms with van der Waals surface area (Å²) in [6.45, 7) is 12.0. The summed E-state index contributed by atoms with van der Waals surface area (Å²) in [6, 6.07) is 8.22. The van der Waals surface area contributed by atoms with E-state index < -0.39 is 0 Å². The first kappa shape index (κ1) is 18.5. The van der Waals surface area contributed by atoms with Gasteiger partial charge in [0.15, 0.2) is 0 Å². The number of imide groups is 1. The molecule has 5 heteroatoms. The second kappa shape index (κ2) is 6.80. The number of para-hydroxylation sites is 1. The molecule has 4 nitrogen and oxygen atoms in total. The Morgan fingerprint density at radius 3 is 2.19 bits per heavy atom. The number of aryl methyl sites for hydroxylation is 3. The van der Waals surface area contributed by atoms with Gasteiger partial charge in [-0.15, -0.1) is 0 Å². The van der Waals surface area contributed by atoms with Gasteiger partial charge in [0.25, 0.3) is 11.1 Å². The fourth-order valence-corrected chi connectivity index (χ4v) is 4.45. The number of hydrogen-bond donors (Lipinski definition) is 0. The molecule has 2 amide bonds. The molecule has 3 rings (SSSR count). The van der Waals surface area contributed by atoms with Gasteiger partial charge in [-0.3, -0.25) is 14.5 Å². The zero-order valence-corrected chi connectivity index (χ0v) is 16.9. The molecule has 0 unspecified atom stereocenters. The Labute approximate surface area is 158 Å². The lowest BCUT2D eigenvalue weighted by atomic mass is 10.1. The van der Waals surface area contributed by atoms with Gasteiger partial charge in [0.1, 0.15) is 0 Å². The molecule has 1 fully saturated rings. The number of benzene rings is 1. The predicted molar refractivity (Wildman–Crippen MR) is 108 cm³/mol. The standard InChI is InChI=1S/C21H24N2O2S/c1-12(2)22-20(24)18(26-21(22)25)11-17-10-15(5)23(16(17)6)19-13(3)8-7-9-14(19)4/h7-12H,1-6H3/b18-11+. The lowest BCUT2D eigenvalue weighted by Crippen LogP contribution is -2.34. The molecule has 1 aromatic carbocycles. The van der Waals surface area contributed by atoms with E-state index in [0.717, 1.165) is 28.7 Å². The molecule has 0 spiro atoms. The first-order valence-corrected chi connectivity index (χ1v) is 9.56. The average molecular weight is 369 g/mol. The molecule has 1 aromatic heterocycles. The van der Waals surface area contributed by atoms with E-state index in [2.05, 4.69) is 56.5 Å². The first-order chi connectivity index (χ1) is 12.2. The second-order valence-corrected chi connectivity index (χ2v) is 8.04. The zero-order valence-electron chi connectivity index (χ0n) is 16.1. The number of thioether (sulfide) groups is 1. The highest BCUT2D eigenvalue weighted by Gasteiger charge is 2.36. The van der Waals surface area contributed by atoms with Gasteiger partial charge in [0.05, 0.1) is 10.6 Å². The minimum absolute atomic E-state index is 0.129. The smallest absolute Gasteiger partial charge is 0.293 e. The van der Waals surface area contributed by atoms with Gasteiger partial charge in [-0.25, -0.2) is 0 Å². The monoisotopic (exact) mass is 368 g/mol. The number of amides is 2. The minimum Gasteiger partial charge on any atom is -0.317 e. The largest absolute Gasteiger partial charge is 0.317 e. The Morgan fingerprint density at radius 1 is 1.04 bits per heavy atom. The number of carbonyl (C=O) groups is 2. The topological polar surface area (TPSA) is 42.3 Å². The zero-order chi connectivity index (χ0) is 19.2. The van der Waals surface area contributed by atoms with Crippen LogP contribution in [0.5, 0.6) is 0 Å². The van der Waals surface area contributed by atoms with Crippen molar-refractivity contribution in [3.05, 3.63) is 57.2 Å². The highest BCUT2D eigenvalue weighted by atomic mass is 32.2. The van der Waals surface area contributed by atoms with E-state index in [9.17, 15) is 9.59 Å². The fourth-order valence-electron chi connectivity index (χ4n) is 3.50. The third-order valence-electron chi connectivity index (χ3n) is 4.76. The Balaban J connectivity index is 2.08. The van der Waals surface area contributed by atoms with Crippen molar-refractivity contribution in [1.82, 2.24) is 9.47 Å². The fraction of sp³-hybridized carbons (Fsp3) is 0.333. The van der Waals surface area contributed by atoms with Crippen LogP contribution >= 0.6 is 11.8 Å². The van der Waals surface area contributed by atoms with Gasteiger partial charge in [0.2, 0.25) is 0 Å². The maximum absolute atomic E-state index is 12.6. The first-order valence-electron chi connectivity index (χ1n) is 8.75. The summed E-state index contributed by atoms with van der Waals surface area (Å²) in [6.07, 6.45) is 1.85. The van der Waals surface area contributed by atoms with Gasteiger partial charge in [0, 0.05) is 17.4 Å². The summed E-state index contributed by atoms with van der Waals surface area (Å²) in [4.78, 5) is 26.5. The Kier molecular flexibility index (Phi) is 4.84. The lowest BCUT2D eigenvalue weighted by Gasteiger charge is -2.16. The van der Waals surface area contributed by atoms with Crippen LogP contribution in [0, 0.1) is 27.7 Å². The van der Waals surface area contributed by atoms with Crippen LogP contribution in [0.25, 0.3) is 11.8 Å². The van der Waals surface area contributed by atoms with Crippen LogP contribution in [-0.2, 0) is 4.79 Å². The summed E-state index contributed by atoms with van der Waals surface area (Å²) in [5.74, 6) is -0.202. The molecule has 1 saturated heterocycles. The third-order valence-corrected chi connectivity index (χ3v) is 5.64. The Bertz CT molecular complexity index is 917. The molecule has 0 aliphatic carbocycles. The number of hydrogen-bond acceptors (Lipinski definition) is 3. The highest BCUT2D eigenvalue weighted by Crippen LogP contribution is 2.35. The van der Waals surface area contributed by atoms with Crippen LogP contribution in [-0.4, -0.2) is 26.7 Å². The maximum atomic E-state index is 12.6. The van der Waals surface area contributed by atoms with Crippen molar-refractivity contribution in [1.29, 1.82) is 0 Å². The quantitative estimate of drug-likeness (QED) is 0.703. The number of carbonyl (C=O) groups excluding carboxylic acids is 2. The van der Waals surface area contributed by atoms with Crippen LogP contribution in [0.2, 0.25) is 0 Å². The van der Waals surface area contributed by atoms with Gasteiger partial charge in [-0.1, -0.05) is 18.2 Å². The van der Waals surface area contributed by atoms with Crippen molar-refractivity contribution in [3.8, 4) is 5.69 Å². The maximum Gasteiger partial charge on any atom is 0.293 e. The molecular weight excluding hydrogens is 344 g/mol. The van der Waals surface area contributed by atoms with Crippen LogP contribution in [0.3, 0.4) is 0 Å². The molecular formula is C21H24N2O2S. The van der Waals surface area contributed by atoms with Crippen LogP contribution in [0.15, 0.2) is 29.2 Å². The Hall–Kier alpha value is -2.27. The van der Waals surface area contributed by atoms with Gasteiger partial charge < -0.3 is 4.57 Å². The summed E-state index contributed by atoms with van der Waals surface area (Å²) < 4.78 is 2.23. The molecule has 0 atom stereocenters. The molecule has 26 heavy (non-hydrogen) atoms. The molecule has 0 saturated carbocycles. The van der Waals surface area contributed by atoms with E-state index in [1.54, 1.807) is 0 Å². The number of rotatable bonds is 3. The van der Waals surface area contributed by atoms with E-state index in [1.165, 1.54) is 21.7 Å². The van der Waals surface area contributed by atoms with Crippen molar-refractivity contribution >= 4 is 29.0 Å². The summed E-state index contributed by atoms with van der Waals surface area (Å²) in [5.41, 5.74) is 6.74. The van der Waals surface area contributed by atoms with E-state index >= 15 is 0 Å². The molecule has 0 bridgehead atoms. The second-order valence-electron chi connectivity index (χ2n) is 7.05. The SMILES string of the molecule is Cc1cccc(C)c1-n1c(C)cc(/C=C2/SC(=O)N(C(C)C)C2=O)c1C. The van der Waals surface area contributed by atoms with E-state index in [-0.39, 0.29) is 17.2 Å². The van der Waals surface area contributed by atoms with Crippen LogP contribution in [0.1, 0.15) is 41.9 Å². The summed E-state index contributed by atoms with van der Waals surface area (Å²) in [5, 5.41) is -0.195. The summed E-state index contributed by atoms with van der Waals surface area (Å²) >= 11 is 1.02. The lowest BCUT2D eigenvalue weighted by molar-refractivity contribution is -0.123. The van der Waals surface area contributed by atoms with Crippen LogP contribution in [0.4, 0.5) is 4.79 Å². The molecule has 2 heterocycles. The average Bonchev–Trinajstić information content (AvgIpc) is 2.97. The summed E-state index contributed by atoms with van der Waals surface area (Å²) in [7, 11) is 0. The molecule has 136 valence electrons. The molecule has 0 N–H and O–H groups in total. The molecule has 1 aliphatic rings. The highest BCUT2D eigenvalue weighted by molar-refractivity contribution is 8.18. The van der Waals surface area contributed by atoms with Crippen molar-refractivity contribution in [3.63, 3.8) is 0 Å². The molecule has 0 radical (unpaired) electrons. The normalized spacial score (nSPS) is 16.4. The van der Waals surface area contributed by atoms with Gasteiger partial charge >= 0.3 is 0 Å². The van der Waals surface area contributed by atoms with Crippen molar-refractivity contribution < 1.29 is 9.59 Å². The molecule has 1 aliphatic heterocycles. The third kappa shape index (κ3) is 3.01. The number of aromatic nitrogens is 1. The van der Waals surface area contributed by atoms with Crippen LogP contribution < -0.4 is 0 Å².